The van der Waals surface area contributed by atoms with Crippen molar-refractivity contribution < 1.29 is 9.47 Å². The van der Waals surface area contributed by atoms with Crippen molar-refractivity contribution in [3.05, 3.63) is 57.2 Å². The van der Waals surface area contributed by atoms with Crippen molar-refractivity contribution in [1.82, 2.24) is 4.90 Å². The van der Waals surface area contributed by atoms with Gasteiger partial charge < -0.3 is 14.4 Å². The summed E-state index contributed by atoms with van der Waals surface area (Å²) in [5.74, 6) is 1.58. The van der Waals surface area contributed by atoms with Crippen LogP contribution in [0.5, 0.6) is 11.5 Å². The summed E-state index contributed by atoms with van der Waals surface area (Å²) in [6.45, 7) is 3.30. The maximum atomic E-state index is 5.38. The van der Waals surface area contributed by atoms with Crippen LogP contribution in [-0.2, 0) is 12.8 Å². The quantitative estimate of drug-likeness (QED) is 0.569. The van der Waals surface area contributed by atoms with Crippen molar-refractivity contribution in [3.8, 4) is 11.5 Å². The zero-order valence-electron chi connectivity index (χ0n) is 14.9. The second-order valence-corrected chi connectivity index (χ2v) is 7.23. The van der Waals surface area contributed by atoms with E-state index < -0.39 is 0 Å². The molecule has 1 unspecified atom stereocenters. The summed E-state index contributed by atoms with van der Waals surface area (Å²) in [6.07, 6.45) is 2.06. The molecule has 0 saturated heterocycles. The standard InChI is InChI=1S/C20H26INO2/c1-15(13-17-7-5-6-8-18(17)21)22(2)12-11-16-9-10-19(23-3)20(14-16)24-4/h5-10,14-15H,11-13H2,1-4H3. The molecular formula is C20H26INO2. The zero-order chi connectivity index (χ0) is 17.5. The number of nitrogens with zero attached hydrogens (tertiary/aromatic N) is 1. The minimum absolute atomic E-state index is 0.501. The molecule has 0 radical (unpaired) electrons. The summed E-state index contributed by atoms with van der Waals surface area (Å²) >= 11 is 2.42. The zero-order valence-corrected chi connectivity index (χ0v) is 17.0. The van der Waals surface area contributed by atoms with Crippen LogP contribution in [0, 0.1) is 3.57 Å². The molecule has 2 rings (SSSR count). The van der Waals surface area contributed by atoms with Crippen LogP contribution in [0.3, 0.4) is 0 Å². The van der Waals surface area contributed by atoms with E-state index in [2.05, 4.69) is 77.9 Å². The molecule has 2 aromatic rings. The van der Waals surface area contributed by atoms with Crippen LogP contribution in [0.15, 0.2) is 42.5 Å². The Bertz CT molecular complexity index is 660. The van der Waals surface area contributed by atoms with Gasteiger partial charge >= 0.3 is 0 Å². The molecule has 130 valence electrons. The fourth-order valence-corrected chi connectivity index (χ4v) is 3.31. The van der Waals surface area contributed by atoms with Gasteiger partial charge in [-0.1, -0.05) is 24.3 Å². The van der Waals surface area contributed by atoms with E-state index in [4.69, 9.17) is 9.47 Å². The molecule has 0 amide bonds. The number of methoxy groups -OCH3 is 2. The molecule has 0 bridgehead atoms. The Morgan fingerprint density at radius 1 is 1.04 bits per heavy atom. The summed E-state index contributed by atoms with van der Waals surface area (Å²) in [5.41, 5.74) is 2.68. The highest BCUT2D eigenvalue weighted by atomic mass is 127. The van der Waals surface area contributed by atoms with E-state index in [0.29, 0.717) is 6.04 Å². The molecule has 3 nitrogen and oxygen atoms in total. The van der Waals surface area contributed by atoms with Crippen LogP contribution in [0.2, 0.25) is 0 Å². The second kappa shape index (κ2) is 9.28. The van der Waals surface area contributed by atoms with Crippen LogP contribution < -0.4 is 9.47 Å². The molecule has 0 aromatic heterocycles. The highest BCUT2D eigenvalue weighted by Gasteiger charge is 2.12. The average molecular weight is 439 g/mol. The van der Waals surface area contributed by atoms with Gasteiger partial charge in [0, 0.05) is 16.2 Å². The maximum absolute atomic E-state index is 5.38. The topological polar surface area (TPSA) is 21.7 Å². The van der Waals surface area contributed by atoms with E-state index in [1.165, 1.54) is 14.7 Å². The van der Waals surface area contributed by atoms with Gasteiger partial charge in [-0.2, -0.15) is 0 Å². The maximum Gasteiger partial charge on any atom is 0.160 e. The number of rotatable bonds is 8. The van der Waals surface area contributed by atoms with Gasteiger partial charge in [-0.3, -0.25) is 0 Å². The molecule has 24 heavy (non-hydrogen) atoms. The van der Waals surface area contributed by atoms with E-state index in [1.807, 2.05) is 6.07 Å². The molecule has 0 fully saturated rings. The van der Waals surface area contributed by atoms with Crippen molar-refractivity contribution in [2.24, 2.45) is 0 Å². The molecule has 2 aromatic carbocycles. The first kappa shape index (κ1) is 19.1. The van der Waals surface area contributed by atoms with E-state index in [9.17, 15) is 0 Å². The molecule has 0 aliphatic rings. The molecule has 0 heterocycles. The third-order valence-electron chi connectivity index (χ3n) is 4.43. The van der Waals surface area contributed by atoms with Crippen molar-refractivity contribution in [1.29, 1.82) is 0 Å². The van der Waals surface area contributed by atoms with Gasteiger partial charge in [-0.15, -0.1) is 0 Å². The number of likely N-dealkylation sites (N-methyl/N-ethyl adjacent to an activating group) is 1. The highest BCUT2D eigenvalue weighted by molar-refractivity contribution is 14.1. The molecule has 4 heteroatoms. The van der Waals surface area contributed by atoms with Crippen LogP contribution in [0.4, 0.5) is 0 Å². The third kappa shape index (κ3) is 5.11. The number of ether oxygens (including phenoxy) is 2. The van der Waals surface area contributed by atoms with Gasteiger partial charge in [0.05, 0.1) is 14.2 Å². The minimum atomic E-state index is 0.501. The first-order valence-corrected chi connectivity index (χ1v) is 9.27. The van der Waals surface area contributed by atoms with Gasteiger partial charge in [0.15, 0.2) is 11.5 Å². The predicted molar refractivity (Wildman–Crippen MR) is 108 cm³/mol. The van der Waals surface area contributed by atoms with Crippen molar-refractivity contribution >= 4 is 22.6 Å². The summed E-state index contributed by atoms with van der Waals surface area (Å²) in [4.78, 5) is 2.42. The van der Waals surface area contributed by atoms with E-state index >= 15 is 0 Å². The number of hydrogen-bond acceptors (Lipinski definition) is 3. The van der Waals surface area contributed by atoms with Crippen molar-refractivity contribution in [2.45, 2.75) is 25.8 Å². The van der Waals surface area contributed by atoms with Gasteiger partial charge in [-0.05, 0) is 78.7 Å². The fourth-order valence-electron chi connectivity index (χ4n) is 2.70. The molecular weight excluding hydrogens is 413 g/mol. The first-order chi connectivity index (χ1) is 11.5. The SMILES string of the molecule is COc1ccc(CCN(C)C(C)Cc2ccccc2I)cc1OC. The summed E-state index contributed by atoms with van der Waals surface area (Å²) < 4.78 is 12.0. The number of hydrogen-bond donors (Lipinski definition) is 0. The van der Waals surface area contributed by atoms with Gasteiger partial charge in [0.1, 0.15) is 0 Å². The molecule has 0 N–H and O–H groups in total. The molecule has 0 saturated carbocycles. The number of halogens is 1. The lowest BCUT2D eigenvalue weighted by Crippen LogP contribution is -2.32. The summed E-state index contributed by atoms with van der Waals surface area (Å²) in [5, 5.41) is 0. The molecule has 0 aliphatic heterocycles. The largest absolute Gasteiger partial charge is 0.493 e. The van der Waals surface area contributed by atoms with Crippen LogP contribution in [0.1, 0.15) is 18.1 Å². The lowest BCUT2D eigenvalue weighted by molar-refractivity contribution is 0.259. The Hall–Kier alpha value is -1.27. The smallest absolute Gasteiger partial charge is 0.160 e. The Balaban J connectivity index is 1.92. The van der Waals surface area contributed by atoms with Crippen LogP contribution >= 0.6 is 22.6 Å². The van der Waals surface area contributed by atoms with Crippen LogP contribution in [-0.4, -0.2) is 38.8 Å². The molecule has 0 aliphatic carbocycles. The molecule has 1 atom stereocenters. The van der Waals surface area contributed by atoms with E-state index in [-0.39, 0.29) is 0 Å². The van der Waals surface area contributed by atoms with Gasteiger partial charge in [0.25, 0.3) is 0 Å². The summed E-state index contributed by atoms with van der Waals surface area (Å²) in [6, 6.07) is 15.3. The first-order valence-electron chi connectivity index (χ1n) is 8.19. The summed E-state index contributed by atoms with van der Waals surface area (Å²) in [7, 11) is 5.54. The fraction of sp³-hybridized carbons (Fsp3) is 0.400. The average Bonchev–Trinajstić information content (AvgIpc) is 2.61. The van der Waals surface area contributed by atoms with Crippen molar-refractivity contribution in [2.75, 3.05) is 27.8 Å². The third-order valence-corrected chi connectivity index (χ3v) is 5.48. The monoisotopic (exact) mass is 439 g/mol. The normalized spacial score (nSPS) is 12.2. The Morgan fingerprint density at radius 2 is 1.75 bits per heavy atom. The van der Waals surface area contributed by atoms with Gasteiger partial charge in [-0.25, -0.2) is 0 Å². The van der Waals surface area contributed by atoms with E-state index in [1.54, 1.807) is 14.2 Å². The number of benzene rings is 2. The Morgan fingerprint density at radius 3 is 2.42 bits per heavy atom. The van der Waals surface area contributed by atoms with Crippen molar-refractivity contribution in [3.63, 3.8) is 0 Å². The predicted octanol–water partition coefficient (Wildman–Crippen LogP) is 4.41. The minimum Gasteiger partial charge on any atom is -0.493 e. The van der Waals surface area contributed by atoms with Crippen LogP contribution in [0.25, 0.3) is 0 Å². The van der Waals surface area contributed by atoms with Gasteiger partial charge in [0.2, 0.25) is 0 Å². The molecule has 0 spiro atoms. The lowest BCUT2D eigenvalue weighted by Gasteiger charge is -2.25. The Labute approximate surface area is 159 Å². The van der Waals surface area contributed by atoms with E-state index in [0.717, 1.165) is 30.9 Å². The lowest BCUT2D eigenvalue weighted by atomic mass is 10.1. The Kier molecular flexibility index (Phi) is 7.37. The second-order valence-electron chi connectivity index (χ2n) is 6.06. The highest BCUT2D eigenvalue weighted by Crippen LogP contribution is 2.27.